The van der Waals surface area contributed by atoms with E-state index >= 15 is 0 Å². The molecular formula is C42H42N4O7. The molecule has 0 saturated carbocycles. The summed E-state index contributed by atoms with van der Waals surface area (Å²) < 4.78 is 29.0. The van der Waals surface area contributed by atoms with E-state index in [1.165, 1.54) is 16.7 Å². The number of rotatable bonds is 11. The summed E-state index contributed by atoms with van der Waals surface area (Å²) in [5.74, 6) is 2.72. The number of nitrogens with zero attached hydrogens (tertiary/aromatic N) is 4. The Kier molecular flexibility index (Phi) is 9.47. The number of benzene rings is 4. The molecule has 11 heteroatoms. The normalized spacial score (nSPS) is 18.0. The van der Waals surface area contributed by atoms with Crippen molar-refractivity contribution in [2.45, 2.75) is 57.3 Å². The molecule has 4 aromatic carbocycles. The van der Waals surface area contributed by atoms with E-state index in [2.05, 4.69) is 18.2 Å². The third-order valence-electron chi connectivity index (χ3n) is 10.5. The monoisotopic (exact) mass is 714 g/mol. The first-order valence-electron chi connectivity index (χ1n) is 18.1. The van der Waals surface area contributed by atoms with Crippen molar-refractivity contribution in [3.05, 3.63) is 100 Å². The second kappa shape index (κ2) is 14.7. The van der Waals surface area contributed by atoms with Crippen molar-refractivity contribution >= 4 is 35.6 Å². The van der Waals surface area contributed by atoms with Gasteiger partial charge in [0.1, 0.15) is 5.75 Å². The SMILES string of the molecule is COc1ccc2c(c1)CN1C(=O)c3cc(OC)c(OCCCCCOc4cc5c(cc4OC)C(=O)N4Cc6ccccc6CC4C=N5)cc3N=CC1C2. The molecule has 0 bridgehead atoms. The van der Waals surface area contributed by atoms with Crippen molar-refractivity contribution in [1.82, 2.24) is 9.80 Å². The predicted molar refractivity (Wildman–Crippen MR) is 201 cm³/mol. The van der Waals surface area contributed by atoms with Crippen LogP contribution in [0.15, 0.2) is 76.7 Å². The summed E-state index contributed by atoms with van der Waals surface area (Å²) in [6.45, 7) is 1.95. The third kappa shape index (κ3) is 6.67. The summed E-state index contributed by atoms with van der Waals surface area (Å²) >= 11 is 0. The van der Waals surface area contributed by atoms with E-state index < -0.39 is 0 Å². The molecule has 2 amide bonds. The highest BCUT2D eigenvalue weighted by Gasteiger charge is 2.35. The number of ether oxygens (including phenoxy) is 5. The summed E-state index contributed by atoms with van der Waals surface area (Å²) in [5, 5.41) is 0. The number of methoxy groups -OCH3 is 3. The quantitative estimate of drug-likeness (QED) is 0.155. The molecule has 0 radical (unpaired) electrons. The number of carbonyl (C=O) groups is 2. The summed E-state index contributed by atoms with van der Waals surface area (Å²) in [7, 11) is 4.80. The van der Waals surface area contributed by atoms with Gasteiger partial charge in [0.15, 0.2) is 23.0 Å². The summed E-state index contributed by atoms with van der Waals surface area (Å²) in [6.07, 6.45) is 7.58. The molecule has 272 valence electrons. The molecule has 4 aliphatic rings. The van der Waals surface area contributed by atoms with E-state index in [0.29, 0.717) is 78.2 Å². The number of carbonyl (C=O) groups excluding carboxylic acids is 2. The Hall–Kier alpha value is -5.84. The Bertz CT molecular complexity index is 2130. The smallest absolute Gasteiger partial charge is 0.257 e. The van der Waals surface area contributed by atoms with Crippen molar-refractivity contribution in [1.29, 1.82) is 0 Å². The zero-order valence-electron chi connectivity index (χ0n) is 30.2. The standard InChI is InChI=1S/C42H42N4O7/c1-49-32-12-11-27-16-31-23-44-36-21-40(38(51-3)19-34(36)42(48)46(31)25-29(27)17-32)53-14-8-4-7-13-52-39-20-35-33(18-37(39)50-2)41(47)45-24-28-10-6-5-9-26(28)15-30(45)22-43-35/h5-6,9-12,17-23,30-31H,4,7-8,13-16,24-25H2,1-3H3. The molecule has 0 spiro atoms. The largest absolute Gasteiger partial charge is 0.497 e. The van der Waals surface area contributed by atoms with Gasteiger partial charge >= 0.3 is 0 Å². The molecule has 8 rings (SSSR count). The third-order valence-corrected chi connectivity index (χ3v) is 10.5. The van der Waals surface area contributed by atoms with Crippen LogP contribution in [0.2, 0.25) is 0 Å². The lowest BCUT2D eigenvalue weighted by Gasteiger charge is -2.34. The molecule has 4 aliphatic heterocycles. The minimum atomic E-state index is -0.143. The van der Waals surface area contributed by atoms with Gasteiger partial charge in [0, 0.05) is 37.7 Å². The van der Waals surface area contributed by atoms with Gasteiger partial charge in [-0.25, -0.2) is 0 Å². The van der Waals surface area contributed by atoms with Gasteiger partial charge in [-0.05, 0) is 78.6 Å². The number of hydrogen-bond acceptors (Lipinski definition) is 9. The maximum Gasteiger partial charge on any atom is 0.257 e. The molecule has 0 saturated heterocycles. The van der Waals surface area contributed by atoms with Crippen molar-refractivity contribution in [3.63, 3.8) is 0 Å². The minimum Gasteiger partial charge on any atom is -0.497 e. The molecular weight excluding hydrogens is 672 g/mol. The highest BCUT2D eigenvalue weighted by Crippen LogP contribution is 2.40. The van der Waals surface area contributed by atoms with Crippen molar-refractivity contribution in [3.8, 4) is 28.7 Å². The molecule has 11 nitrogen and oxygen atoms in total. The zero-order chi connectivity index (χ0) is 36.5. The molecule has 0 fully saturated rings. The first-order chi connectivity index (χ1) is 25.9. The van der Waals surface area contributed by atoms with Gasteiger partial charge in [0.05, 0.1) is 69.1 Å². The van der Waals surface area contributed by atoms with Crippen LogP contribution in [-0.4, -0.2) is 80.7 Å². The Morgan fingerprint density at radius 3 is 1.66 bits per heavy atom. The Morgan fingerprint density at radius 2 is 1.11 bits per heavy atom. The highest BCUT2D eigenvalue weighted by atomic mass is 16.5. The molecule has 0 aliphatic carbocycles. The predicted octanol–water partition coefficient (Wildman–Crippen LogP) is 6.91. The average Bonchev–Trinajstić information content (AvgIpc) is 3.40. The number of aliphatic imine (C=N–C) groups is 2. The lowest BCUT2D eigenvalue weighted by atomic mass is 9.94. The highest BCUT2D eigenvalue weighted by molar-refractivity contribution is 6.04. The summed E-state index contributed by atoms with van der Waals surface area (Å²) in [5.41, 5.74) is 6.83. The van der Waals surface area contributed by atoms with Gasteiger partial charge in [-0.3, -0.25) is 19.6 Å². The Morgan fingerprint density at radius 1 is 0.585 bits per heavy atom. The van der Waals surface area contributed by atoms with Gasteiger partial charge in [-0.2, -0.15) is 0 Å². The van der Waals surface area contributed by atoms with Gasteiger partial charge in [-0.1, -0.05) is 30.3 Å². The molecule has 2 atom stereocenters. The maximum atomic E-state index is 13.8. The van der Waals surface area contributed by atoms with Crippen molar-refractivity contribution in [2.24, 2.45) is 9.98 Å². The van der Waals surface area contributed by atoms with Crippen LogP contribution in [0.1, 0.15) is 62.2 Å². The molecule has 0 aromatic heterocycles. The molecule has 2 unspecified atom stereocenters. The van der Waals surface area contributed by atoms with Crippen molar-refractivity contribution < 1.29 is 33.3 Å². The van der Waals surface area contributed by atoms with Crippen LogP contribution in [0, 0.1) is 0 Å². The fourth-order valence-corrected chi connectivity index (χ4v) is 7.56. The first-order valence-corrected chi connectivity index (χ1v) is 18.1. The van der Waals surface area contributed by atoms with E-state index in [-0.39, 0.29) is 23.9 Å². The van der Waals surface area contributed by atoms with E-state index in [1.54, 1.807) is 45.6 Å². The summed E-state index contributed by atoms with van der Waals surface area (Å²) in [4.78, 5) is 40.7. The maximum absolute atomic E-state index is 13.8. The minimum absolute atomic E-state index is 0.0606. The Labute approximate surface area is 308 Å². The van der Waals surface area contributed by atoms with Crippen LogP contribution in [0.4, 0.5) is 11.4 Å². The Balaban J connectivity index is 0.863. The van der Waals surface area contributed by atoms with Gasteiger partial charge in [0.2, 0.25) is 0 Å². The van der Waals surface area contributed by atoms with E-state index in [9.17, 15) is 9.59 Å². The van der Waals surface area contributed by atoms with E-state index in [4.69, 9.17) is 33.7 Å². The zero-order valence-corrected chi connectivity index (χ0v) is 30.2. The fourth-order valence-electron chi connectivity index (χ4n) is 7.56. The van der Waals surface area contributed by atoms with Crippen LogP contribution in [0.5, 0.6) is 28.7 Å². The van der Waals surface area contributed by atoms with E-state index in [1.807, 2.05) is 46.5 Å². The second-order valence-corrected chi connectivity index (χ2v) is 13.7. The van der Waals surface area contributed by atoms with Crippen LogP contribution in [-0.2, 0) is 25.9 Å². The summed E-state index contributed by atoms with van der Waals surface area (Å²) in [6, 6.07) is 21.1. The molecule has 53 heavy (non-hydrogen) atoms. The molecule has 4 aromatic rings. The lowest BCUT2D eigenvalue weighted by molar-refractivity contribution is 0.0695. The number of amides is 2. The first kappa shape index (κ1) is 34.3. The van der Waals surface area contributed by atoms with Gasteiger partial charge < -0.3 is 33.5 Å². The van der Waals surface area contributed by atoms with Crippen LogP contribution in [0.3, 0.4) is 0 Å². The van der Waals surface area contributed by atoms with Crippen LogP contribution >= 0.6 is 0 Å². The topological polar surface area (TPSA) is 111 Å². The molecule has 4 heterocycles. The fraction of sp³-hybridized carbons (Fsp3) is 0.333. The lowest BCUT2D eigenvalue weighted by Crippen LogP contribution is -2.44. The van der Waals surface area contributed by atoms with Gasteiger partial charge in [-0.15, -0.1) is 0 Å². The molecule has 0 N–H and O–H groups in total. The average molecular weight is 715 g/mol. The number of unbranched alkanes of at least 4 members (excludes halogenated alkanes) is 2. The van der Waals surface area contributed by atoms with E-state index in [0.717, 1.165) is 37.0 Å². The van der Waals surface area contributed by atoms with Crippen molar-refractivity contribution in [2.75, 3.05) is 34.5 Å². The second-order valence-electron chi connectivity index (χ2n) is 13.7. The van der Waals surface area contributed by atoms with Gasteiger partial charge in [0.25, 0.3) is 11.8 Å². The van der Waals surface area contributed by atoms with Crippen LogP contribution < -0.4 is 23.7 Å². The van der Waals surface area contributed by atoms with Crippen LogP contribution in [0.25, 0.3) is 0 Å². The number of hydrogen-bond donors (Lipinski definition) is 0. The number of fused-ring (bicyclic) bond motifs is 6.